The van der Waals surface area contributed by atoms with Crippen LogP contribution in [0.5, 0.6) is 11.5 Å². The molecule has 0 aliphatic carbocycles. The van der Waals surface area contributed by atoms with Gasteiger partial charge in [0, 0.05) is 35.0 Å². The third-order valence-corrected chi connectivity index (χ3v) is 14.7. The summed E-state index contributed by atoms with van der Waals surface area (Å²) < 4.78 is 62.9. The number of imidazole rings is 2. The monoisotopic (exact) mass is 1070 g/mol. The standard InChI is InChI=1S/C58H63F2N9O9/c1-32(2)50(65-57(72)74-5)54(70)67-19-11-16-45(67)52-61-29-43(64-52)37-24-41(60)49-46-25-38-22-35(42-28-62-53(63-42)47-27-39(59)30-68(47)55(71)51(33(3)4)66-58(73)75-6)17-18-44(38)69(46)56(78-48(49)26-37)36-14-10-15-40(23-36)77-21-20-76-31-34-12-8-7-9-13-34/h7-10,12-15,17-18,22-26,28-29,32-33,39,45,47,50-51,56H,11,16,19-21,27,30-31H2,1-6H3,(H,61,64)(H,62,63)(H,65,72)(H,66,73). The third kappa shape index (κ3) is 10.9. The predicted molar refractivity (Wildman–Crippen MR) is 285 cm³/mol. The number of benzene rings is 4. The van der Waals surface area contributed by atoms with Gasteiger partial charge in [0.1, 0.15) is 53.8 Å². The number of carbonyl (C=O) groups excluding carboxylic acids is 4. The molecular weight excluding hydrogens is 1000 g/mol. The van der Waals surface area contributed by atoms with Crippen molar-refractivity contribution >= 4 is 34.9 Å². The van der Waals surface area contributed by atoms with E-state index in [2.05, 4.69) is 25.6 Å². The van der Waals surface area contributed by atoms with E-state index >= 15 is 8.78 Å². The van der Waals surface area contributed by atoms with Crippen LogP contribution in [0.15, 0.2) is 103 Å². The lowest BCUT2D eigenvalue weighted by atomic mass is 10.0. The van der Waals surface area contributed by atoms with Gasteiger partial charge >= 0.3 is 12.2 Å². The second-order valence-electron chi connectivity index (χ2n) is 20.5. The lowest BCUT2D eigenvalue weighted by Crippen LogP contribution is -2.51. The van der Waals surface area contributed by atoms with E-state index < -0.39 is 60.5 Å². The van der Waals surface area contributed by atoms with Gasteiger partial charge in [0.2, 0.25) is 18.0 Å². The van der Waals surface area contributed by atoms with Crippen molar-refractivity contribution in [1.29, 1.82) is 0 Å². The molecule has 4 N–H and O–H groups in total. The summed E-state index contributed by atoms with van der Waals surface area (Å²) in [5.74, 6) is 0.0720. The van der Waals surface area contributed by atoms with Gasteiger partial charge in [-0.25, -0.2) is 28.3 Å². The van der Waals surface area contributed by atoms with Gasteiger partial charge in [-0.2, -0.15) is 0 Å². The van der Waals surface area contributed by atoms with Gasteiger partial charge in [0.05, 0.1) is 86.6 Å². The topological polar surface area (TPSA) is 207 Å². The largest absolute Gasteiger partial charge is 0.491 e. The molecule has 4 aromatic carbocycles. The number of alkyl carbamates (subject to hydrolysis) is 2. The first kappa shape index (κ1) is 53.2. The molecule has 6 heterocycles. The fraction of sp³-hybridized carbons (Fsp3) is 0.379. The van der Waals surface area contributed by atoms with E-state index in [-0.39, 0.29) is 42.0 Å². The average Bonchev–Trinajstić information content (AvgIpc) is 4.48. The van der Waals surface area contributed by atoms with Crippen LogP contribution in [0.1, 0.15) is 88.0 Å². The van der Waals surface area contributed by atoms with Crippen LogP contribution in [0.2, 0.25) is 0 Å². The smallest absolute Gasteiger partial charge is 0.407 e. The highest BCUT2D eigenvalue weighted by Crippen LogP contribution is 2.48. The zero-order valence-corrected chi connectivity index (χ0v) is 44.3. The van der Waals surface area contributed by atoms with Crippen molar-refractivity contribution in [3.8, 4) is 45.3 Å². The van der Waals surface area contributed by atoms with Crippen LogP contribution in [0.4, 0.5) is 18.4 Å². The number of nitrogens with zero attached hydrogens (tertiary/aromatic N) is 5. The summed E-state index contributed by atoms with van der Waals surface area (Å²) in [5.41, 5.74) is 5.68. The summed E-state index contributed by atoms with van der Waals surface area (Å²) in [4.78, 5) is 71.4. The Morgan fingerprint density at radius 2 is 1.45 bits per heavy atom. The maximum atomic E-state index is 17.1. The first-order chi connectivity index (χ1) is 37.7. The third-order valence-electron chi connectivity index (χ3n) is 14.7. The molecule has 20 heteroatoms. The van der Waals surface area contributed by atoms with Crippen LogP contribution in [-0.4, -0.2) is 117 Å². The summed E-state index contributed by atoms with van der Waals surface area (Å²) in [5, 5.41) is 6.04. The summed E-state index contributed by atoms with van der Waals surface area (Å²) in [6.45, 7) is 8.72. The van der Waals surface area contributed by atoms with Crippen LogP contribution < -0.4 is 20.1 Å². The van der Waals surface area contributed by atoms with E-state index in [9.17, 15) is 19.2 Å². The Balaban J connectivity index is 0.966. The minimum atomic E-state index is -1.30. The number of amides is 4. The van der Waals surface area contributed by atoms with Crippen molar-refractivity contribution in [2.75, 3.05) is 40.5 Å². The summed E-state index contributed by atoms with van der Waals surface area (Å²) in [6.07, 6.45) is 1.10. The molecule has 18 nitrogen and oxygen atoms in total. The van der Waals surface area contributed by atoms with Gasteiger partial charge in [-0.1, -0.05) is 76.2 Å². The molecule has 78 heavy (non-hydrogen) atoms. The number of H-pyrrole nitrogens is 2. The first-order valence-electron chi connectivity index (χ1n) is 26.2. The van der Waals surface area contributed by atoms with Crippen molar-refractivity contribution < 1.29 is 51.6 Å². The quantitative estimate of drug-likeness (QED) is 0.0632. The Labute approximate surface area is 449 Å². The Morgan fingerprint density at radius 3 is 2.14 bits per heavy atom. The van der Waals surface area contributed by atoms with E-state index in [1.807, 2.05) is 97.3 Å². The normalized spacial score (nSPS) is 18.6. The van der Waals surface area contributed by atoms with Gasteiger partial charge < -0.3 is 58.7 Å². The highest BCUT2D eigenvalue weighted by Gasteiger charge is 2.42. The SMILES string of the molecule is COC(=O)NC(C(=O)N1CCCC1c1ncc(-c2cc(F)c3c(c2)OC(c2cccc(OCCOCc4ccccc4)c2)n2c-3cc3cc(-c4cnc(C5CC(F)CN5C(=O)C(NC(=O)OC)C(C)C)[nH]4)ccc32)[nH]1)C(C)C. The van der Waals surface area contributed by atoms with Crippen molar-refractivity contribution in [3.63, 3.8) is 0 Å². The van der Waals surface area contributed by atoms with Crippen molar-refractivity contribution in [2.24, 2.45) is 11.8 Å². The van der Waals surface area contributed by atoms with E-state index in [0.29, 0.717) is 72.8 Å². The van der Waals surface area contributed by atoms with Crippen molar-refractivity contribution in [2.45, 2.75) is 90.1 Å². The van der Waals surface area contributed by atoms with Crippen LogP contribution in [0, 0.1) is 17.7 Å². The van der Waals surface area contributed by atoms with Crippen LogP contribution in [-0.2, 0) is 30.4 Å². The molecule has 7 aromatic rings. The second-order valence-corrected chi connectivity index (χ2v) is 20.5. The number of likely N-dealkylation sites (tertiary alicyclic amines) is 2. The summed E-state index contributed by atoms with van der Waals surface area (Å²) in [6, 6.07) is 25.5. The van der Waals surface area contributed by atoms with Crippen LogP contribution in [0.25, 0.3) is 44.7 Å². The van der Waals surface area contributed by atoms with Gasteiger partial charge in [-0.15, -0.1) is 0 Å². The maximum absolute atomic E-state index is 17.1. The summed E-state index contributed by atoms with van der Waals surface area (Å²) in [7, 11) is 2.47. The van der Waals surface area contributed by atoms with Crippen molar-refractivity contribution in [3.05, 3.63) is 132 Å². The molecule has 4 amide bonds. The molecule has 6 atom stereocenters. The molecule has 2 saturated heterocycles. The molecule has 0 bridgehead atoms. The zero-order chi connectivity index (χ0) is 54.8. The number of fused-ring (bicyclic) bond motifs is 5. The fourth-order valence-electron chi connectivity index (χ4n) is 10.7. The number of hydrogen-bond acceptors (Lipinski definition) is 11. The first-order valence-corrected chi connectivity index (χ1v) is 26.2. The molecule has 3 aliphatic rings. The van der Waals surface area contributed by atoms with E-state index in [4.69, 9.17) is 28.7 Å². The molecule has 0 radical (unpaired) electrons. The van der Waals surface area contributed by atoms with E-state index in [1.54, 1.807) is 37.2 Å². The number of nitrogens with one attached hydrogen (secondary N) is 4. The molecule has 0 saturated carbocycles. The number of methoxy groups -OCH3 is 2. The van der Waals surface area contributed by atoms with E-state index in [1.165, 1.54) is 25.2 Å². The zero-order valence-electron chi connectivity index (χ0n) is 44.3. The van der Waals surface area contributed by atoms with Gasteiger partial charge in [-0.3, -0.25) is 9.59 Å². The molecule has 2 fully saturated rings. The lowest BCUT2D eigenvalue weighted by Gasteiger charge is -2.31. The van der Waals surface area contributed by atoms with Crippen molar-refractivity contribution in [1.82, 2.24) is 44.9 Å². The second kappa shape index (κ2) is 22.8. The van der Waals surface area contributed by atoms with Crippen LogP contribution >= 0.6 is 0 Å². The van der Waals surface area contributed by atoms with Gasteiger partial charge in [0.25, 0.3) is 0 Å². The molecule has 408 valence electrons. The number of aromatic amines is 2. The predicted octanol–water partition coefficient (Wildman–Crippen LogP) is 9.80. The molecule has 3 aliphatic heterocycles. The molecule has 10 rings (SSSR count). The highest BCUT2D eigenvalue weighted by atomic mass is 19.1. The Kier molecular flexibility index (Phi) is 15.5. The number of ether oxygens (including phenoxy) is 5. The number of alkyl halides is 1. The number of carbonyl (C=O) groups is 4. The number of rotatable bonds is 17. The molecule has 0 spiro atoms. The Bertz CT molecular complexity index is 3320. The average molecular weight is 1070 g/mol. The minimum absolute atomic E-state index is 0.0213. The van der Waals surface area contributed by atoms with Gasteiger partial charge in [0.15, 0.2) is 0 Å². The summed E-state index contributed by atoms with van der Waals surface area (Å²) >= 11 is 0. The number of halogens is 2. The molecule has 3 aromatic heterocycles. The molecular formula is C58H63F2N9O9. The Morgan fingerprint density at radius 1 is 0.769 bits per heavy atom. The van der Waals surface area contributed by atoms with Crippen LogP contribution in [0.3, 0.4) is 0 Å². The Hall–Kier alpha value is -8.26. The lowest BCUT2D eigenvalue weighted by molar-refractivity contribution is -0.136. The van der Waals surface area contributed by atoms with E-state index in [0.717, 1.165) is 34.0 Å². The fourth-order valence-corrected chi connectivity index (χ4v) is 10.7. The number of aromatic nitrogens is 5. The van der Waals surface area contributed by atoms with Gasteiger partial charge in [-0.05, 0) is 72.7 Å². The number of hydrogen-bond donors (Lipinski definition) is 4. The maximum Gasteiger partial charge on any atom is 0.407 e. The highest BCUT2D eigenvalue weighted by molar-refractivity contribution is 5.93. The minimum Gasteiger partial charge on any atom is -0.491 e. The molecule has 6 unspecified atom stereocenters.